The summed E-state index contributed by atoms with van der Waals surface area (Å²) in [5.74, 6) is 5.02. The molecule has 1 aliphatic heterocycles. The number of nitrogens with two attached hydrogens (primary N) is 1. The van der Waals surface area contributed by atoms with Crippen molar-refractivity contribution < 1.29 is 4.79 Å². The molecule has 0 radical (unpaired) electrons. The third-order valence-electron chi connectivity index (χ3n) is 3.43. The molecule has 5 nitrogen and oxygen atoms in total. The molecule has 0 saturated carbocycles. The maximum absolute atomic E-state index is 11.5. The number of hydrogen-bond acceptors (Lipinski definition) is 4. The van der Waals surface area contributed by atoms with Crippen molar-refractivity contribution in [2.24, 2.45) is 11.8 Å². The molecule has 100 valence electrons. The van der Waals surface area contributed by atoms with Crippen LogP contribution in [0.25, 0.3) is 0 Å². The van der Waals surface area contributed by atoms with E-state index in [1.54, 1.807) is 6.07 Å². The van der Waals surface area contributed by atoms with E-state index in [1.165, 1.54) is 0 Å². The summed E-state index contributed by atoms with van der Waals surface area (Å²) >= 11 is 3.49. The summed E-state index contributed by atoms with van der Waals surface area (Å²) in [5, 5.41) is 9.17. The molecule has 1 aliphatic rings. The number of carbonyl (C=O) groups is 1. The third kappa shape index (κ3) is 2.88. The van der Waals surface area contributed by atoms with Crippen LogP contribution in [0.5, 0.6) is 0 Å². The van der Waals surface area contributed by atoms with Gasteiger partial charge in [0.1, 0.15) is 6.07 Å². The molecule has 0 aromatic heterocycles. The number of piperidine rings is 1. The van der Waals surface area contributed by atoms with Gasteiger partial charge in [-0.2, -0.15) is 5.26 Å². The molecule has 0 unspecified atom stereocenters. The van der Waals surface area contributed by atoms with Crippen molar-refractivity contribution in [3.63, 3.8) is 0 Å². The summed E-state index contributed by atoms with van der Waals surface area (Å²) < 4.78 is 0.910. The summed E-state index contributed by atoms with van der Waals surface area (Å²) in [6, 6.07) is 7.79. The van der Waals surface area contributed by atoms with Crippen LogP contribution in [-0.4, -0.2) is 19.0 Å². The van der Waals surface area contributed by atoms with Crippen molar-refractivity contribution in [2.75, 3.05) is 18.0 Å². The summed E-state index contributed by atoms with van der Waals surface area (Å²) in [5.41, 5.74) is 3.77. The lowest BCUT2D eigenvalue weighted by molar-refractivity contribution is -0.125. The number of amides is 1. The molecule has 19 heavy (non-hydrogen) atoms. The Morgan fingerprint density at radius 1 is 1.47 bits per heavy atom. The number of nitrogens with one attached hydrogen (secondary N) is 1. The SMILES string of the molecule is N#Cc1cccc(Br)c1N1CCC(C(=O)NN)CC1. The van der Waals surface area contributed by atoms with Crippen molar-refractivity contribution in [3.05, 3.63) is 28.2 Å². The van der Waals surface area contributed by atoms with E-state index >= 15 is 0 Å². The largest absolute Gasteiger partial charge is 0.370 e. The Bertz CT molecular complexity index is 518. The molecule has 1 fully saturated rings. The van der Waals surface area contributed by atoms with E-state index in [0.717, 1.165) is 36.1 Å². The van der Waals surface area contributed by atoms with E-state index < -0.39 is 0 Å². The predicted molar refractivity (Wildman–Crippen MR) is 76.1 cm³/mol. The van der Waals surface area contributed by atoms with Gasteiger partial charge in [-0.3, -0.25) is 10.2 Å². The number of nitriles is 1. The average Bonchev–Trinajstić information content (AvgIpc) is 2.46. The molecule has 1 aromatic carbocycles. The van der Waals surface area contributed by atoms with E-state index in [2.05, 4.69) is 32.3 Å². The average molecular weight is 323 g/mol. The van der Waals surface area contributed by atoms with Gasteiger partial charge < -0.3 is 4.90 Å². The van der Waals surface area contributed by atoms with Crippen molar-refractivity contribution in [1.82, 2.24) is 5.43 Å². The zero-order valence-corrected chi connectivity index (χ0v) is 12.0. The highest BCUT2D eigenvalue weighted by Gasteiger charge is 2.26. The maximum atomic E-state index is 11.5. The number of benzene rings is 1. The molecule has 0 spiro atoms. The highest BCUT2D eigenvalue weighted by Crippen LogP contribution is 2.32. The Hall–Kier alpha value is -1.58. The summed E-state index contributed by atoms with van der Waals surface area (Å²) in [7, 11) is 0. The molecule has 6 heteroatoms. The van der Waals surface area contributed by atoms with Crippen LogP contribution in [0.2, 0.25) is 0 Å². The van der Waals surface area contributed by atoms with Crippen LogP contribution in [0.4, 0.5) is 5.69 Å². The van der Waals surface area contributed by atoms with Crippen molar-refractivity contribution >= 4 is 27.5 Å². The van der Waals surface area contributed by atoms with Crippen LogP contribution < -0.4 is 16.2 Å². The van der Waals surface area contributed by atoms with Crippen LogP contribution in [0.15, 0.2) is 22.7 Å². The monoisotopic (exact) mass is 322 g/mol. The first-order chi connectivity index (χ1) is 9.17. The molecule has 1 heterocycles. The van der Waals surface area contributed by atoms with Gasteiger partial charge in [0.2, 0.25) is 5.91 Å². The van der Waals surface area contributed by atoms with Crippen LogP contribution in [0.3, 0.4) is 0 Å². The number of halogens is 1. The quantitative estimate of drug-likeness (QED) is 0.491. The first kappa shape index (κ1) is 13.8. The topological polar surface area (TPSA) is 82.2 Å². The van der Waals surface area contributed by atoms with E-state index in [0.29, 0.717) is 5.56 Å². The second-order valence-electron chi connectivity index (χ2n) is 4.52. The minimum atomic E-state index is -0.104. The molecule has 1 aromatic rings. The smallest absolute Gasteiger partial charge is 0.237 e. The van der Waals surface area contributed by atoms with E-state index in [1.807, 2.05) is 12.1 Å². The Morgan fingerprint density at radius 2 is 2.16 bits per heavy atom. The van der Waals surface area contributed by atoms with Crippen molar-refractivity contribution in [3.8, 4) is 6.07 Å². The van der Waals surface area contributed by atoms with Crippen LogP contribution in [0.1, 0.15) is 18.4 Å². The Labute approximate surface area is 120 Å². The zero-order valence-electron chi connectivity index (χ0n) is 10.4. The van der Waals surface area contributed by atoms with Crippen molar-refractivity contribution in [2.45, 2.75) is 12.8 Å². The fourth-order valence-electron chi connectivity index (χ4n) is 2.41. The van der Waals surface area contributed by atoms with Crippen LogP contribution >= 0.6 is 15.9 Å². The molecule has 1 amide bonds. The van der Waals surface area contributed by atoms with Gasteiger partial charge in [-0.1, -0.05) is 6.07 Å². The van der Waals surface area contributed by atoms with Gasteiger partial charge in [0.15, 0.2) is 0 Å². The van der Waals surface area contributed by atoms with E-state index in [4.69, 9.17) is 5.84 Å². The Morgan fingerprint density at radius 3 is 2.74 bits per heavy atom. The Balaban J connectivity index is 2.14. The highest BCUT2D eigenvalue weighted by atomic mass is 79.9. The summed E-state index contributed by atoms with van der Waals surface area (Å²) in [6.45, 7) is 1.49. The zero-order chi connectivity index (χ0) is 13.8. The molecule has 0 bridgehead atoms. The molecule has 0 atom stereocenters. The van der Waals surface area contributed by atoms with Gasteiger partial charge in [0.25, 0.3) is 0 Å². The predicted octanol–water partition coefficient (Wildman–Crippen LogP) is 1.53. The first-order valence-electron chi connectivity index (χ1n) is 6.11. The second kappa shape index (κ2) is 6.04. The van der Waals surface area contributed by atoms with Gasteiger partial charge in [0.05, 0.1) is 11.3 Å². The number of hydrogen-bond donors (Lipinski definition) is 2. The number of anilines is 1. The molecule has 2 rings (SSSR count). The van der Waals surface area contributed by atoms with Crippen molar-refractivity contribution in [1.29, 1.82) is 5.26 Å². The highest BCUT2D eigenvalue weighted by molar-refractivity contribution is 9.10. The van der Waals surface area contributed by atoms with Gasteiger partial charge in [-0.25, -0.2) is 5.84 Å². The number of nitrogens with zero attached hydrogens (tertiary/aromatic N) is 2. The summed E-state index contributed by atoms with van der Waals surface area (Å²) in [4.78, 5) is 13.6. The van der Waals surface area contributed by atoms with E-state index in [9.17, 15) is 10.1 Å². The minimum absolute atomic E-state index is 0.0331. The molecular formula is C13H15BrN4O. The number of rotatable bonds is 2. The molecule has 1 saturated heterocycles. The first-order valence-corrected chi connectivity index (χ1v) is 6.90. The molecular weight excluding hydrogens is 308 g/mol. The van der Waals surface area contributed by atoms with Crippen LogP contribution in [-0.2, 0) is 4.79 Å². The lowest BCUT2D eigenvalue weighted by Crippen LogP contribution is -2.43. The van der Waals surface area contributed by atoms with Gasteiger partial charge in [0, 0.05) is 23.5 Å². The van der Waals surface area contributed by atoms with Gasteiger partial charge >= 0.3 is 0 Å². The normalized spacial score (nSPS) is 15.9. The summed E-state index contributed by atoms with van der Waals surface area (Å²) in [6.07, 6.45) is 1.49. The lowest BCUT2D eigenvalue weighted by atomic mass is 9.95. The second-order valence-corrected chi connectivity index (χ2v) is 5.37. The Kier molecular flexibility index (Phi) is 4.40. The molecule has 3 N–H and O–H groups in total. The van der Waals surface area contributed by atoms with Crippen LogP contribution in [0, 0.1) is 17.2 Å². The van der Waals surface area contributed by atoms with E-state index in [-0.39, 0.29) is 11.8 Å². The minimum Gasteiger partial charge on any atom is -0.370 e. The third-order valence-corrected chi connectivity index (χ3v) is 4.07. The standard InChI is InChI=1S/C13H15BrN4O/c14-11-3-1-2-10(8-15)12(11)18-6-4-9(5-7-18)13(19)17-16/h1-3,9H,4-7,16H2,(H,17,19). The fourth-order valence-corrected chi connectivity index (χ4v) is 3.03. The molecule has 0 aliphatic carbocycles. The fraction of sp³-hybridized carbons (Fsp3) is 0.385. The number of hydrazine groups is 1. The number of carbonyl (C=O) groups excluding carboxylic acids is 1. The van der Waals surface area contributed by atoms with Gasteiger partial charge in [-0.05, 0) is 40.9 Å². The number of para-hydroxylation sites is 1. The maximum Gasteiger partial charge on any atom is 0.237 e. The lowest BCUT2D eigenvalue weighted by Gasteiger charge is -2.33. The van der Waals surface area contributed by atoms with Gasteiger partial charge in [-0.15, -0.1) is 0 Å².